The summed E-state index contributed by atoms with van der Waals surface area (Å²) in [4.78, 5) is 4.49. The van der Waals surface area contributed by atoms with Crippen molar-refractivity contribution in [3.05, 3.63) is 33.7 Å². The van der Waals surface area contributed by atoms with Crippen molar-refractivity contribution in [2.45, 2.75) is 26.2 Å². The van der Waals surface area contributed by atoms with Crippen molar-refractivity contribution >= 4 is 39.8 Å². The van der Waals surface area contributed by atoms with Gasteiger partial charge in [-0.2, -0.15) is 0 Å². The molecule has 1 heterocycles. The Hall–Kier alpha value is -1.10. The molecule has 2 aromatic rings. The lowest BCUT2D eigenvalue weighted by Gasteiger charge is -2.20. The Bertz CT molecular complexity index is 651. The van der Waals surface area contributed by atoms with E-state index in [9.17, 15) is 4.39 Å². The van der Waals surface area contributed by atoms with Crippen LogP contribution < -0.4 is 11.3 Å². The van der Waals surface area contributed by atoms with E-state index in [2.05, 4.69) is 10.4 Å². The van der Waals surface area contributed by atoms with Crippen molar-refractivity contribution in [2.75, 3.05) is 5.43 Å². The van der Waals surface area contributed by atoms with Crippen LogP contribution in [-0.2, 0) is 5.41 Å². The minimum Gasteiger partial charge on any atom is -0.323 e. The number of benzene rings is 1. The number of anilines is 1. The first-order chi connectivity index (χ1) is 8.75. The van der Waals surface area contributed by atoms with Gasteiger partial charge in [0.1, 0.15) is 0 Å². The fourth-order valence-electron chi connectivity index (χ4n) is 1.80. The van der Waals surface area contributed by atoms with Crippen LogP contribution in [0.1, 0.15) is 26.5 Å². The van der Waals surface area contributed by atoms with Gasteiger partial charge in [0.15, 0.2) is 5.82 Å². The lowest BCUT2D eigenvalue weighted by atomic mass is 9.91. The number of hydrazine groups is 1. The monoisotopic (exact) mass is 301 g/mol. The molecule has 0 fully saturated rings. The predicted molar refractivity (Wildman–Crippen MR) is 78.2 cm³/mol. The van der Waals surface area contributed by atoms with Crippen LogP contribution >= 0.6 is 23.2 Å². The Kier molecular flexibility index (Phi) is 3.60. The number of hydrogen-bond acceptors (Lipinski definition) is 3. The van der Waals surface area contributed by atoms with Crippen molar-refractivity contribution in [2.24, 2.45) is 5.84 Å². The molecule has 0 atom stereocenters. The van der Waals surface area contributed by atoms with E-state index in [4.69, 9.17) is 29.0 Å². The van der Waals surface area contributed by atoms with Gasteiger partial charge in [0.25, 0.3) is 0 Å². The van der Waals surface area contributed by atoms with Crippen LogP contribution in [0.3, 0.4) is 0 Å². The van der Waals surface area contributed by atoms with E-state index in [-0.39, 0.29) is 15.5 Å². The van der Waals surface area contributed by atoms with Gasteiger partial charge < -0.3 is 5.43 Å². The molecular weight excluding hydrogens is 288 g/mol. The summed E-state index contributed by atoms with van der Waals surface area (Å²) in [5.41, 5.74) is 4.21. The summed E-state index contributed by atoms with van der Waals surface area (Å²) in [5.74, 6) is 4.82. The van der Waals surface area contributed by atoms with Gasteiger partial charge in [0, 0.05) is 16.5 Å². The van der Waals surface area contributed by atoms with E-state index in [0.717, 1.165) is 5.69 Å². The summed E-state index contributed by atoms with van der Waals surface area (Å²) in [6.07, 6.45) is 0. The van der Waals surface area contributed by atoms with Gasteiger partial charge in [0.05, 0.1) is 21.2 Å². The third-order valence-electron chi connectivity index (χ3n) is 2.86. The number of nitrogens with zero attached hydrogens (tertiary/aromatic N) is 1. The Morgan fingerprint density at radius 2 is 1.89 bits per heavy atom. The zero-order valence-electron chi connectivity index (χ0n) is 10.8. The first kappa shape index (κ1) is 14.3. The Morgan fingerprint density at radius 1 is 1.26 bits per heavy atom. The lowest BCUT2D eigenvalue weighted by molar-refractivity contribution is 0.571. The standard InChI is InChI=1S/C13H14Cl2FN3/c1-13(2,3)9-5-8(19-17)10-7(18-9)4-6(14)12(16)11(10)15/h4-5H,17H2,1-3H3,(H,18,19). The molecule has 3 N–H and O–H groups in total. The van der Waals surface area contributed by atoms with Crippen LogP contribution in [0, 0.1) is 5.82 Å². The molecule has 0 radical (unpaired) electrons. The maximum Gasteiger partial charge on any atom is 0.161 e. The number of rotatable bonds is 1. The zero-order valence-corrected chi connectivity index (χ0v) is 12.3. The third-order valence-corrected chi connectivity index (χ3v) is 3.49. The largest absolute Gasteiger partial charge is 0.323 e. The molecule has 0 aliphatic heterocycles. The molecule has 0 spiro atoms. The molecular formula is C13H14Cl2FN3. The highest BCUT2D eigenvalue weighted by atomic mass is 35.5. The summed E-state index contributed by atoms with van der Waals surface area (Å²) in [6.45, 7) is 6.07. The van der Waals surface area contributed by atoms with Gasteiger partial charge in [-0.1, -0.05) is 44.0 Å². The maximum absolute atomic E-state index is 13.8. The second-order valence-corrected chi connectivity index (χ2v) is 6.12. The van der Waals surface area contributed by atoms with Crippen LogP contribution in [0.5, 0.6) is 0 Å². The van der Waals surface area contributed by atoms with E-state index in [0.29, 0.717) is 16.6 Å². The molecule has 6 heteroatoms. The number of nitrogens with one attached hydrogen (secondary N) is 1. The topological polar surface area (TPSA) is 50.9 Å². The first-order valence-corrected chi connectivity index (χ1v) is 6.46. The van der Waals surface area contributed by atoms with Crippen molar-refractivity contribution < 1.29 is 4.39 Å². The van der Waals surface area contributed by atoms with Gasteiger partial charge in [-0.05, 0) is 12.1 Å². The fraction of sp³-hybridized carbons (Fsp3) is 0.308. The highest BCUT2D eigenvalue weighted by Gasteiger charge is 2.21. The van der Waals surface area contributed by atoms with Crippen molar-refractivity contribution in [3.63, 3.8) is 0 Å². The van der Waals surface area contributed by atoms with Crippen molar-refractivity contribution in [1.29, 1.82) is 0 Å². The summed E-state index contributed by atoms with van der Waals surface area (Å²) in [6, 6.07) is 3.22. The summed E-state index contributed by atoms with van der Waals surface area (Å²) in [7, 11) is 0. The van der Waals surface area contributed by atoms with Gasteiger partial charge in [0.2, 0.25) is 0 Å². The molecule has 0 unspecified atom stereocenters. The lowest BCUT2D eigenvalue weighted by Crippen LogP contribution is -2.16. The molecule has 0 amide bonds. The molecule has 0 aliphatic rings. The van der Waals surface area contributed by atoms with Gasteiger partial charge in [-0.15, -0.1) is 0 Å². The van der Waals surface area contributed by atoms with Gasteiger partial charge in [-0.3, -0.25) is 10.8 Å². The Morgan fingerprint density at radius 3 is 2.42 bits per heavy atom. The summed E-state index contributed by atoms with van der Waals surface area (Å²) in [5, 5.41) is 0.293. The molecule has 0 saturated carbocycles. The third kappa shape index (κ3) is 2.48. The summed E-state index contributed by atoms with van der Waals surface area (Å²) < 4.78 is 13.8. The molecule has 3 nitrogen and oxygen atoms in total. The summed E-state index contributed by atoms with van der Waals surface area (Å²) >= 11 is 11.8. The van der Waals surface area contributed by atoms with Crippen LogP contribution in [0.4, 0.5) is 10.1 Å². The second-order valence-electron chi connectivity index (χ2n) is 5.33. The van der Waals surface area contributed by atoms with Crippen LogP contribution in [0.2, 0.25) is 10.0 Å². The normalized spacial score (nSPS) is 11.9. The fourth-order valence-corrected chi connectivity index (χ4v) is 2.34. The quantitative estimate of drug-likeness (QED) is 0.470. The smallest absolute Gasteiger partial charge is 0.161 e. The number of nitrogen functional groups attached to an aromatic ring is 1. The first-order valence-electron chi connectivity index (χ1n) is 5.71. The van der Waals surface area contributed by atoms with E-state index < -0.39 is 5.82 Å². The average Bonchev–Trinajstić information content (AvgIpc) is 2.33. The SMILES string of the molecule is CC(C)(C)c1cc(NN)c2c(Cl)c(F)c(Cl)cc2n1. The van der Waals surface area contributed by atoms with E-state index in [1.54, 1.807) is 6.07 Å². The molecule has 0 aliphatic carbocycles. The van der Waals surface area contributed by atoms with Crippen LogP contribution in [-0.4, -0.2) is 4.98 Å². The number of pyridine rings is 1. The van der Waals surface area contributed by atoms with Crippen molar-refractivity contribution in [3.8, 4) is 0 Å². The zero-order chi connectivity index (χ0) is 14.4. The minimum absolute atomic E-state index is 0.0565. The van der Waals surface area contributed by atoms with E-state index >= 15 is 0 Å². The number of aromatic nitrogens is 1. The average molecular weight is 302 g/mol. The molecule has 2 rings (SSSR count). The maximum atomic E-state index is 13.8. The number of hydrogen-bond donors (Lipinski definition) is 2. The van der Waals surface area contributed by atoms with Gasteiger partial charge in [-0.25, -0.2) is 4.39 Å². The number of halogens is 3. The molecule has 1 aromatic carbocycles. The van der Waals surface area contributed by atoms with Crippen LogP contribution in [0.15, 0.2) is 12.1 Å². The molecule has 1 aromatic heterocycles. The van der Waals surface area contributed by atoms with Crippen LogP contribution in [0.25, 0.3) is 10.9 Å². The predicted octanol–water partition coefficient (Wildman–Crippen LogP) is 4.26. The molecule has 0 saturated heterocycles. The molecule has 19 heavy (non-hydrogen) atoms. The number of nitrogens with two attached hydrogens (primary N) is 1. The molecule has 102 valence electrons. The molecule has 0 bridgehead atoms. The highest BCUT2D eigenvalue weighted by Crippen LogP contribution is 2.37. The van der Waals surface area contributed by atoms with Crippen molar-refractivity contribution in [1.82, 2.24) is 4.98 Å². The highest BCUT2D eigenvalue weighted by molar-refractivity contribution is 6.39. The Balaban J connectivity index is 2.89. The van der Waals surface area contributed by atoms with E-state index in [1.165, 1.54) is 6.07 Å². The minimum atomic E-state index is -0.669. The van der Waals surface area contributed by atoms with Gasteiger partial charge >= 0.3 is 0 Å². The number of fused-ring (bicyclic) bond motifs is 1. The van der Waals surface area contributed by atoms with E-state index in [1.807, 2.05) is 20.8 Å². The Labute approximate surface area is 120 Å². The second kappa shape index (κ2) is 4.78.